The number of carbonyl (C=O) groups is 1. The summed E-state index contributed by atoms with van der Waals surface area (Å²) in [5.74, 6) is -0.0730. The first-order valence-electron chi connectivity index (χ1n) is 9.05. The second-order valence-corrected chi connectivity index (χ2v) is 10.4. The van der Waals surface area contributed by atoms with Crippen molar-refractivity contribution in [2.45, 2.75) is 61.1 Å². The lowest BCUT2D eigenvalue weighted by atomic mass is 9.97. The van der Waals surface area contributed by atoms with E-state index in [0.29, 0.717) is 23.8 Å². The number of nitrogens with one attached hydrogen (secondary N) is 1. The molecule has 0 spiro atoms. The zero-order valence-corrected chi connectivity index (χ0v) is 17.4. The molecular weight excluding hydrogens is 394 g/mol. The molecule has 0 atom stereocenters. The quantitative estimate of drug-likeness (QED) is 0.736. The zero-order valence-electron chi connectivity index (χ0n) is 14.9. The molecule has 0 aromatic carbocycles. The van der Waals surface area contributed by atoms with Crippen molar-refractivity contribution in [2.75, 3.05) is 19.6 Å². The van der Waals surface area contributed by atoms with Crippen LogP contribution in [-0.4, -0.2) is 43.8 Å². The number of carbonyl (C=O) groups excluding carboxylic acids is 1. The van der Waals surface area contributed by atoms with Gasteiger partial charge in [-0.3, -0.25) is 4.79 Å². The molecule has 0 unspecified atom stereocenters. The average Bonchev–Trinajstić information content (AvgIpc) is 3.26. The highest BCUT2D eigenvalue weighted by Gasteiger charge is 2.34. The average molecular weight is 422 g/mol. The van der Waals surface area contributed by atoms with Crippen LogP contribution in [0.5, 0.6) is 0 Å². The van der Waals surface area contributed by atoms with Crippen LogP contribution in [0.2, 0.25) is 0 Å². The second kappa shape index (κ2) is 9.01. The lowest BCUT2D eigenvalue weighted by Gasteiger charge is -2.28. The van der Waals surface area contributed by atoms with E-state index in [-0.39, 0.29) is 30.3 Å². The molecule has 1 aliphatic heterocycles. The molecule has 1 aromatic heterocycles. The Balaban J connectivity index is 0.00000243. The van der Waals surface area contributed by atoms with E-state index in [9.17, 15) is 13.2 Å². The summed E-state index contributed by atoms with van der Waals surface area (Å²) >= 11 is 1.20. The fourth-order valence-electron chi connectivity index (χ4n) is 3.75. The molecule has 2 aliphatic rings. The molecule has 0 radical (unpaired) electrons. The number of rotatable bonds is 6. The lowest BCUT2D eigenvalue weighted by Crippen LogP contribution is -2.52. The van der Waals surface area contributed by atoms with Crippen LogP contribution in [0.15, 0.2) is 16.3 Å². The van der Waals surface area contributed by atoms with E-state index in [1.54, 1.807) is 16.4 Å². The number of hydrogen-bond donors (Lipinski definition) is 2. The standard InChI is InChI=1S/C17H27N3O3S2.ClH/c18-13-17(8-2-3-9-17)19-15(21)12-14-6-7-16(24-14)25(22,23)20-10-4-1-5-11-20;/h6-7H,1-5,8-13,18H2,(H,19,21);1H. The summed E-state index contributed by atoms with van der Waals surface area (Å²) in [6.45, 7) is 1.64. The van der Waals surface area contributed by atoms with E-state index in [4.69, 9.17) is 5.73 Å². The topological polar surface area (TPSA) is 92.5 Å². The maximum absolute atomic E-state index is 12.7. The Labute approximate surface area is 166 Å². The van der Waals surface area contributed by atoms with Gasteiger partial charge in [-0.2, -0.15) is 4.31 Å². The van der Waals surface area contributed by atoms with Gasteiger partial charge in [0.1, 0.15) is 4.21 Å². The van der Waals surface area contributed by atoms with Gasteiger partial charge in [0.05, 0.1) is 12.0 Å². The van der Waals surface area contributed by atoms with Gasteiger partial charge >= 0.3 is 0 Å². The Hall–Kier alpha value is -0.670. The van der Waals surface area contributed by atoms with E-state index < -0.39 is 10.0 Å². The molecule has 148 valence electrons. The fourth-order valence-corrected chi connectivity index (χ4v) is 6.78. The van der Waals surface area contributed by atoms with Crippen LogP contribution >= 0.6 is 23.7 Å². The van der Waals surface area contributed by atoms with Gasteiger partial charge in [0.25, 0.3) is 10.0 Å². The highest BCUT2D eigenvalue weighted by molar-refractivity contribution is 7.91. The predicted octanol–water partition coefficient (Wildman–Crippen LogP) is 2.27. The monoisotopic (exact) mass is 421 g/mol. The third-order valence-electron chi connectivity index (χ3n) is 5.24. The molecule has 3 N–H and O–H groups in total. The van der Waals surface area contributed by atoms with Gasteiger partial charge < -0.3 is 11.1 Å². The van der Waals surface area contributed by atoms with Crippen molar-refractivity contribution in [3.05, 3.63) is 17.0 Å². The first kappa shape index (κ1) is 21.6. The number of thiophene rings is 1. The van der Waals surface area contributed by atoms with Gasteiger partial charge in [-0.25, -0.2) is 8.42 Å². The van der Waals surface area contributed by atoms with Crippen molar-refractivity contribution in [1.29, 1.82) is 0 Å². The van der Waals surface area contributed by atoms with Crippen molar-refractivity contribution in [3.63, 3.8) is 0 Å². The molecule has 0 bridgehead atoms. The van der Waals surface area contributed by atoms with E-state index in [2.05, 4.69) is 5.32 Å². The van der Waals surface area contributed by atoms with Gasteiger partial charge in [0.2, 0.25) is 5.91 Å². The molecule has 1 saturated heterocycles. The van der Waals surface area contributed by atoms with Gasteiger partial charge in [-0.15, -0.1) is 23.7 Å². The van der Waals surface area contributed by atoms with Crippen LogP contribution in [-0.2, 0) is 21.2 Å². The molecule has 9 heteroatoms. The van der Waals surface area contributed by atoms with E-state index in [1.807, 2.05) is 0 Å². The van der Waals surface area contributed by atoms with Gasteiger partial charge in [-0.1, -0.05) is 19.3 Å². The number of halogens is 1. The molecule has 1 saturated carbocycles. The molecular formula is C17H28ClN3O3S2. The largest absolute Gasteiger partial charge is 0.349 e. The third-order valence-corrected chi connectivity index (χ3v) is 8.69. The number of amides is 1. The Bertz CT molecular complexity index is 709. The summed E-state index contributed by atoms with van der Waals surface area (Å²) in [5, 5.41) is 3.08. The normalized spacial score (nSPS) is 20.5. The van der Waals surface area contributed by atoms with E-state index in [1.165, 1.54) is 11.3 Å². The third kappa shape index (κ3) is 4.78. The number of piperidine rings is 1. The van der Waals surface area contributed by atoms with Crippen LogP contribution < -0.4 is 11.1 Å². The van der Waals surface area contributed by atoms with Crippen LogP contribution in [0, 0.1) is 0 Å². The van der Waals surface area contributed by atoms with Crippen molar-refractivity contribution in [1.82, 2.24) is 9.62 Å². The van der Waals surface area contributed by atoms with Crippen molar-refractivity contribution in [3.8, 4) is 0 Å². The maximum atomic E-state index is 12.7. The molecule has 1 amide bonds. The molecule has 26 heavy (non-hydrogen) atoms. The Morgan fingerprint density at radius 2 is 1.81 bits per heavy atom. The van der Waals surface area contributed by atoms with Gasteiger partial charge in [-0.05, 0) is 37.8 Å². The molecule has 2 heterocycles. The second-order valence-electron chi connectivity index (χ2n) is 7.10. The first-order valence-corrected chi connectivity index (χ1v) is 11.3. The van der Waals surface area contributed by atoms with Crippen LogP contribution in [0.1, 0.15) is 49.8 Å². The maximum Gasteiger partial charge on any atom is 0.252 e. The molecule has 2 fully saturated rings. The summed E-state index contributed by atoms with van der Waals surface area (Å²) < 4.78 is 27.3. The van der Waals surface area contributed by atoms with E-state index in [0.717, 1.165) is 49.8 Å². The number of hydrogen-bond acceptors (Lipinski definition) is 5. The smallest absolute Gasteiger partial charge is 0.252 e. The number of nitrogens with zero attached hydrogens (tertiary/aromatic N) is 1. The Morgan fingerprint density at radius 3 is 2.42 bits per heavy atom. The summed E-state index contributed by atoms with van der Waals surface area (Å²) in [6, 6.07) is 3.39. The first-order chi connectivity index (χ1) is 12.0. The highest BCUT2D eigenvalue weighted by atomic mass is 35.5. The summed E-state index contributed by atoms with van der Waals surface area (Å²) in [7, 11) is -3.42. The summed E-state index contributed by atoms with van der Waals surface area (Å²) in [6.07, 6.45) is 7.17. The minimum Gasteiger partial charge on any atom is -0.349 e. The summed E-state index contributed by atoms with van der Waals surface area (Å²) in [4.78, 5) is 13.1. The lowest BCUT2D eigenvalue weighted by molar-refractivity contribution is -0.122. The van der Waals surface area contributed by atoms with Crippen LogP contribution in [0.25, 0.3) is 0 Å². The minimum atomic E-state index is -3.42. The Kier molecular flexibility index (Phi) is 7.50. The fraction of sp³-hybridized carbons (Fsp3) is 0.706. The molecule has 6 nitrogen and oxygen atoms in total. The molecule has 1 aliphatic carbocycles. The van der Waals surface area contributed by atoms with Crippen molar-refractivity contribution < 1.29 is 13.2 Å². The summed E-state index contributed by atoms with van der Waals surface area (Å²) in [5.41, 5.74) is 5.59. The molecule has 3 rings (SSSR count). The van der Waals surface area contributed by atoms with Gasteiger partial charge in [0, 0.05) is 24.5 Å². The zero-order chi connectivity index (χ0) is 17.9. The SMILES string of the molecule is Cl.NCC1(NC(=O)Cc2ccc(S(=O)(=O)N3CCCCC3)s2)CCCC1. The van der Waals surface area contributed by atoms with Crippen LogP contribution in [0.4, 0.5) is 0 Å². The Morgan fingerprint density at radius 1 is 1.15 bits per heavy atom. The number of nitrogens with two attached hydrogens (primary N) is 1. The van der Waals surface area contributed by atoms with Crippen LogP contribution in [0.3, 0.4) is 0 Å². The number of sulfonamides is 1. The van der Waals surface area contributed by atoms with E-state index >= 15 is 0 Å². The van der Waals surface area contributed by atoms with Gasteiger partial charge in [0.15, 0.2) is 0 Å². The highest BCUT2D eigenvalue weighted by Crippen LogP contribution is 2.30. The van der Waals surface area contributed by atoms with Crippen molar-refractivity contribution >= 4 is 39.7 Å². The molecule has 1 aromatic rings. The predicted molar refractivity (Wildman–Crippen MR) is 106 cm³/mol. The minimum absolute atomic E-state index is 0. The van der Waals surface area contributed by atoms with Crippen molar-refractivity contribution in [2.24, 2.45) is 5.73 Å².